The van der Waals surface area contributed by atoms with Gasteiger partial charge < -0.3 is 5.32 Å². The number of carbonyl (C=O) groups excluding carboxylic acids is 1. The summed E-state index contributed by atoms with van der Waals surface area (Å²) in [7, 11) is -7.72. The third kappa shape index (κ3) is 4.54. The van der Waals surface area contributed by atoms with E-state index in [1.165, 1.54) is 46.8 Å². The minimum Gasteiger partial charge on any atom is -0.325 e. The average Bonchev–Trinajstić information content (AvgIpc) is 2.83. The van der Waals surface area contributed by atoms with Crippen LogP contribution in [0.2, 0.25) is 0 Å². The van der Waals surface area contributed by atoms with E-state index in [4.69, 9.17) is 0 Å². The van der Waals surface area contributed by atoms with E-state index in [0.29, 0.717) is 29.9 Å². The van der Waals surface area contributed by atoms with Crippen LogP contribution >= 0.6 is 0 Å². The van der Waals surface area contributed by atoms with Crippen LogP contribution in [0.25, 0.3) is 11.1 Å². The van der Waals surface area contributed by atoms with Crippen molar-refractivity contribution in [1.29, 1.82) is 0 Å². The first-order chi connectivity index (χ1) is 16.6. The summed E-state index contributed by atoms with van der Waals surface area (Å²) in [4.78, 5) is 12.9. The minimum atomic E-state index is -4.07. The molecule has 1 aliphatic rings. The van der Waals surface area contributed by atoms with Crippen molar-refractivity contribution < 1.29 is 26.0 Å². The van der Waals surface area contributed by atoms with Crippen LogP contribution in [0.4, 0.5) is 15.8 Å². The number of hydrogen-bond donors (Lipinski definition) is 1. The molecular formula is C24H24FN3O5S2. The maximum absolute atomic E-state index is 14.0. The topological polar surface area (TPSA) is 104 Å². The molecule has 0 radical (unpaired) electrons. The smallest absolute Gasteiger partial charge is 0.265 e. The number of fused-ring (bicyclic) bond motifs is 3. The number of sulfonamides is 2. The van der Waals surface area contributed by atoms with Gasteiger partial charge in [0.05, 0.1) is 15.5 Å². The molecule has 0 saturated carbocycles. The van der Waals surface area contributed by atoms with E-state index in [-0.39, 0.29) is 15.5 Å². The highest BCUT2D eigenvalue weighted by Gasteiger charge is 2.36. The summed E-state index contributed by atoms with van der Waals surface area (Å²) >= 11 is 0. The second-order valence-corrected chi connectivity index (χ2v) is 11.6. The third-order valence-corrected chi connectivity index (χ3v) is 9.62. The Kier molecular flexibility index (Phi) is 6.67. The van der Waals surface area contributed by atoms with Crippen molar-refractivity contribution in [1.82, 2.24) is 4.31 Å². The SMILES string of the molecule is CCN(CC)S(=O)(=O)c1ccc(NC(=O)CN2c3ccc(F)cc3-c3ccccc3S2(=O)=O)cc1. The van der Waals surface area contributed by atoms with E-state index in [0.717, 1.165) is 10.4 Å². The van der Waals surface area contributed by atoms with Gasteiger partial charge in [-0.25, -0.2) is 21.2 Å². The first kappa shape index (κ1) is 24.8. The minimum absolute atomic E-state index is 0.0168. The summed E-state index contributed by atoms with van der Waals surface area (Å²) in [6, 6.07) is 15.6. The standard InChI is InChI=1S/C24H24FN3O5S2/c1-3-27(4-2)34(30,31)19-12-10-18(11-13-19)26-24(29)16-28-22-14-9-17(25)15-21(22)20-7-5-6-8-23(20)35(28,32)33/h5-15H,3-4,16H2,1-2H3,(H,26,29). The van der Waals surface area contributed by atoms with Crippen molar-refractivity contribution in [3.8, 4) is 11.1 Å². The van der Waals surface area contributed by atoms with Gasteiger partial charge in [0.2, 0.25) is 15.9 Å². The molecule has 0 atom stereocenters. The quantitative estimate of drug-likeness (QED) is 0.515. The number of anilines is 2. The molecule has 3 aromatic rings. The molecule has 35 heavy (non-hydrogen) atoms. The molecule has 0 aromatic heterocycles. The summed E-state index contributed by atoms with van der Waals surface area (Å²) in [5.74, 6) is -1.16. The molecule has 0 bridgehead atoms. The van der Waals surface area contributed by atoms with E-state index in [2.05, 4.69) is 5.32 Å². The fraction of sp³-hybridized carbons (Fsp3) is 0.208. The van der Waals surface area contributed by atoms with Crippen molar-refractivity contribution in [2.45, 2.75) is 23.6 Å². The highest BCUT2D eigenvalue weighted by molar-refractivity contribution is 7.93. The second-order valence-electron chi connectivity index (χ2n) is 7.83. The Balaban J connectivity index is 1.59. The van der Waals surface area contributed by atoms with Gasteiger partial charge in [-0.05, 0) is 48.5 Å². The van der Waals surface area contributed by atoms with Crippen LogP contribution in [0.3, 0.4) is 0 Å². The predicted octanol–water partition coefficient (Wildman–Crippen LogP) is 3.67. The third-order valence-electron chi connectivity index (χ3n) is 5.74. The molecule has 11 heteroatoms. The van der Waals surface area contributed by atoms with Gasteiger partial charge in [0, 0.05) is 29.9 Å². The number of halogens is 1. The Hall–Kier alpha value is -3.28. The zero-order valence-corrected chi connectivity index (χ0v) is 20.7. The lowest BCUT2D eigenvalue weighted by atomic mass is 10.0. The summed E-state index contributed by atoms with van der Waals surface area (Å²) in [5.41, 5.74) is 1.24. The van der Waals surface area contributed by atoms with Gasteiger partial charge >= 0.3 is 0 Å². The first-order valence-corrected chi connectivity index (χ1v) is 13.8. The van der Waals surface area contributed by atoms with Gasteiger partial charge in [-0.3, -0.25) is 9.10 Å². The zero-order valence-electron chi connectivity index (χ0n) is 19.1. The summed E-state index contributed by atoms with van der Waals surface area (Å²) in [5, 5.41) is 2.60. The Morgan fingerprint density at radius 2 is 1.63 bits per heavy atom. The van der Waals surface area contributed by atoms with Crippen molar-refractivity contribution >= 4 is 37.3 Å². The van der Waals surface area contributed by atoms with E-state index < -0.39 is 38.3 Å². The summed E-state index contributed by atoms with van der Waals surface area (Å²) in [6.07, 6.45) is 0. The molecular weight excluding hydrogens is 493 g/mol. The van der Waals surface area contributed by atoms with Crippen LogP contribution < -0.4 is 9.62 Å². The number of nitrogens with zero attached hydrogens (tertiary/aromatic N) is 2. The number of rotatable bonds is 7. The van der Waals surface area contributed by atoms with E-state index >= 15 is 0 Å². The van der Waals surface area contributed by atoms with Gasteiger partial charge in [0.1, 0.15) is 12.4 Å². The predicted molar refractivity (Wildman–Crippen MR) is 132 cm³/mol. The van der Waals surface area contributed by atoms with Gasteiger partial charge in [0.25, 0.3) is 10.0 Å². The van der Waals surface area contributed by atoms with Crippen LogP contribution in [-0.2, 0) is 24.8 Å². The maximum Gasteiger partial charge on any atom is 0.265 e. The highest BCUT2D eigenvalue weighted by Crippen LogP contribution is 2.43. The second kappa shape index (κ2) is 9.40. The normalized spacial score (nSPS) is 14.3. The van der Waals surface area contributed by atoms with Crippen LogP contribution in [-0.4, -0.2) is 46.7 Å². The van der Waals surface area contributed by atoms with E-state index in [1.54, 1.807) is 32.0 Å². The molecule has 3 aromatic carbocycles. The average molecular weight is 518 g/mol. The van der Waals surface area contributed by atoms with Crippen molar-refractivity contribution in [3.63, 3.8) is 0 Å². The van der Waals surface area contributed by atoms with E-state index in [9.17, 15) is 26.0 Å². The fourth-order valence-electron chi connectivity index (χ4n) is 4.03. The molecule has 4 rings (SSSR count). The monoisotopic (exact) mass is 517 g/mol. The lowest BCUT2D eigenvalue weighted by molar-refractivity contribution is -0.114. The Bertz CT molecular complexity index is 1490. The molecule has 1 N–H and O–H groups in total. The highest BCUT2D eigenvalue weighted by atomic mass is 32.2. The van der Waals surface area contributed by atoms with Crippen LogP contribution in [0.5, 0.6) is 0 Å². The summed E-state index contributed by atoms with van der Waals surface area (Å²) < 4.78 is 68.1. The molecule has 0 spiro atoms. The molecule has 1 aliphatic heterocycles. The molecule has 0 aliphatic carbocycles. The number of hydrogen-bond acceptors (Lipinski definition) is 5. The van der Waals surface area contributed by atoms with Gasteiger partial charge in [-0.2, -0.15) is 4.31 Å². The zero-order chi connectivity index (χ0) is 25.4. The summed E-state index contributed by atoms with van der Waals surface area (Å²) in [6.45, 7) is 3.60. The number of amides is 1. The lowest BCUT2D eigenvalue weighted by Gasteiger charge is -2.31. The van der Waals surface area contributed by atoms with Gasteiger partial charge in [-0.1, -0.05) is 32.0 Å². The molecule has 8 nitrogen and oxygen atoms in total. The Morgan fingerprint density at radius 3 is 2.29 bits per heavy atom. The van der Waals surface area contributed by atoms with Gasteiger partial charge in [0.15, 0.2) is 0 Å². The molecule has 1 amide bonds. The molecule has 1 heterocycles. The number of nitrogens with one attached hydrogen (secondary N) is 1. The first-order valence-electron chi connectivity index (χ1n) is 10.9. The Morgan fingerprint density at radius 1 is 0.971 bits per heavy atom. The fourth-order valence-corrected chi connectivity index (χ4v) is 7.13. The molecule has 184 valence electrons. The van der Waals surface area contributed by atoms with Crippen LogP contribution in [0.15, 0.2) is 76.5 Å². The van der Waals surface area contributed by atoms with Crippen LogP contribution in [0.1, 0.15) is 13.8 Å². The number of benzene rings is 3. The van der Waals surface area contributed by atoms with E-state index in [1.807, 2.05) is 0 Å². The van der Waals surface area contributed by atoms with Crippen LogP contribution in [0, 0.1) is 5.82 Å². The molecule has 0 fully saturated rings. The molecule has 0 saturated heterocycles. The van der Waals surface area contributed by atoms with Crippen molar-refractivity contribution in [2.24, 2.45) is 0 Å². The van der Waals surface area contributed by atoms with Crippen molar-refractivity contribution in [2.75, 3.05) is 29.3 Å². The number of carbonyl (C=O) groups is 1. The maximum atomic E-state index is 14.0. The molecule has 0 unspecified atom stereocenters. The largest absolute Gasteiger partial charge is 0.325 e. The lowest BCUT2D eigenvalue weighted by Crippen LogP contribution is -2.40. The van der Waals surface area contributed by atoms with Gasteiger partial charge in [-0.15, -0.1) is 0 Å². The Labute approximate surface area is 204 Å². The van der Waals surface area contributed by atoms with Crippen molar-refractivity contribution in [3.05, 3.63) is 72.5 Å².